The van der Waals surface area contributed by atoms with Crippen molar-refractivity contribution in [1.82, 2.24) is 9.97 Å². The van der Waals surface area contributed by atoms with E-state index in [1.165, 1.54) is 13.1 Å². The quantitative estimate of drug-likeness (QED) is 0.392. The molecule has 206 valence electrons. The fraction of sp³-hybridized carbons (Fsp3) is 0.393. The third kappa shape index (κ3) is 4.97. The van der Waals surface area contributed by atoms with E-state index in [2.05, 4.69) is 15.3 Å². The lowest BCUT2D eigenvalue weighted by molar-refractivity contribution is 0.0126. The van der Waals surface area contributed by atoms with E-state index >= 15 is 8.78 Å². The molecular weight excluding hydrogens is 513 g/mol. The highest BCUT2D eigenvalue weighted by Crippen LogP contribution is 2.43. The summed E-state index contributed by atoms with van der Waals surface area (Å²) in [6, 6.07) is 4.24. The number of carbonyl (C=O) groups is 1. The molecule has 1 aliphatic carbocycles. The number of nitrogens with zero attached hydrogens (tertiary/aromatic N) is 2. The third-order valence-corrected chi connectivity index (χ3v) is 7.68. The average molecular weight is 543 g/mol. The summed E-state index contributed by atoms with van der Waals surface area (Å²) in [5, 5.41) is 23.5. The molecule has 2 aliphatic rings. The first kappa shape index (κ1) is 27.0. The monoisotopic (exact) mass is 542 g/mol. The van der Waals surface area contributed by atoms with E-state index in [1.807, 2.05) is 6.92 Å². The van der Waals surface area contributed by atoms with Crippen LogP contribution in [0.5, 0.6) is 5.75 Å². The molecule has 0 bridgehead atoms. The van der Waals surface area contributed by atoms with Gasteiger partial charge in [-0.05, 0) is 61.4 Å². The number of hydrogen-bond acceptors (Lipinski definition) is 7. The first-order valence-corrected chi connectivity index (χ1v) is 12.7. The van der Waals surface area contributed by atoms with Crippen molar-refractivity contribution in [3.05, 3.63) is 70.9 Å². The van der Waals surface area contributed by atoms with E-state index in [9.17, 15) is 19.4 Å². The van der Waals surface area contributed by atoms with Gasteiger partial charge in [-0.3, -0.25) is 9.78 Å². The number of aliphatic hydroxyl groups is 2. The normalized spacial score (nSPS) is 26.5. The van der Waals surface area contributed by atoms with E-state index in [-0.39, 0.29) is 41.9 Å². The third-order valence-electron chi connectivity index (χ3n) is 7.68. The van der Waals surface area contributed by atoms with Crippen molar-refractivity contribution in [3.63, 3.8) is 0 Å². The summed E-state index contributed by atoms with van der Waals surface area (Å²) < 4.78 is 50.7. The molecule has 5 N–H and O–H groups in total. The molecule has 5 rings (SSSR count). The standard InChI is InChI=1S/C28H29F3N4O4/c1-13-9-14(10-19(32)25(13)36)15-5-7-33-12-21(15)35-27(37)20-4-3-17(29)24(34-20)22-18(30)11-16-26(23(22)31)39-8-6-28(16,2)38/h3-5,7,11-14,19,25,36,38H,6,8-10,32H2,1-2H3,(H,35,37)/t13-,14+,19+,25+,28-/m0/s1. The van der Waals surface area contributed by atoms with Crippen LogP contribution in [0.4, 0.5) is 18.9 Å². The lowest BCUT2D eigenvalue weighted by Crippen LogP contribution is -2.44. The maximum atomic E-state index is 15.4. The minimum Gasteiger partial charge on any atom is -0.490 e. The van der Waals surface area contributed by atoms with Gasteiger partial charge >= 0.3 is 0 Å². The summed E-state index contributed by atoms with van der Waals surface area (Å²) >= 11 is 0. The zero-order valence-electron chi connectivity index (χ0n) is 21.4. The molecule has 1 aromatic carbocycles. The van der Waals surface area contributed by atoms with Gasteiger partial charge in [-0.15, -0.1) is 0 Å². The Hall–Kier alpha value is -3.54. The van der Waals surface area contributed by atoms with Crippen LogP contribution in [0.3, 0.4) is 0 Å². The lowest BCUT2D eigenvalue weighted by Gasteiger charge is -2.36. The SMILES string of the molecule is C[C@H]1C[C@@H](c2ccncc2NC(=O)c2ccc(F)c(-c3c(F)cc4c(c3F)OCC[C@]4(C)O)n2)C[C@@H](N)[C@@H]1O. The first-order chi connectivity index (χ1) is 18.5. The maximum Gasteiger partial charge on any atom is 0.274 e. The molecule has 1 aliphatic heterocycles. The van der Waals surface area contributed by atoms with Gasteiger partial charge in [-0.25, -0.2) is 18.2 Å². The van der Waals surface area contributed by atoms with Crippen molar-refractivity contribution in [2.24, 2.45) is 11.7 Å². The Morgan fingerprint density at radius 3 is 2.72 bits per heavy atom. The van der Waals surface area contributed by atoms with Crippen LogP contribution >= 0.6 is 0 Å². The number of anilines is 1. The molecule has 39 heavy (non-hydrogen) atoms. The average Bonchev–Trinajstić information content (AvgIpc) is 2.89. The fourth-order valence-electron chi connectivity index (χ4n) is 5.47. The Morgan fingerprint density at radius 1 is 1.21 bits per heavy atom. The van der Waals surface area contributed by atoms with E-state index in [4.69, 9.17) is 10.5 Å². The van der Waals surface area contributed by atoms with Gasteiger partial charge in [0.25, 0.3) is 5.91 Å². The summed E-state index contributed by atoms with van der Waals surface area (Å²) in [7, 11) is 0. The van der Waals surface area contributed by atoms with Crippen LogP contribution in [0.1, 0.15) is 60.6 Å². The van der Waals surface area contributed by atoms with Gasteiger partial charge in [0.15, 0.2) is 11.6 Å². The Morgan fingerprint density at radius 2 is 1.97 bits per heavy atom. The Bertz CT molecular complexity index is 1420. The highest BCUT2D eigenvalue weighted by atomic mass is 19.1. The molecule has 3 heterocycles. The number of pyridine rings is 2. The van der Waals surface area contributed by atoms with E-state index in [1.54, 1.807) is 12.3 Å². The van der Waals surface area contributed by atoms with Gasteiger partial charge < -0.3 is 26.0 Å². The van der Waals surface area contributed by atoms with Gasteiger partial charge in [-0.1, -0.05) is 6.92 Å². The molecule has 5 atom stereocenters. The largest absolute Gasteiger partial charge is 0.490 e. The van der Waals surface area contributed by atoms with Crippen molar-refractivity contribution in [3.8, 4) is 17.0 Å². The second-order valence-electron chi connectivity index (χ2n) is 10.5. The summed E-state index contributed by atoms with van der Waals surface area (Å²) in [5.41, 5.74) is 3.87. The summed E-state index contributed by atoms with van der Waals surface area (Å²) in [5.74, 6) is -4.64. The number of ether oxygens (including phenoxy) is 1. The summed E-state index contributed by atoms with van der Waals surface area (Å²) in [6.45, 7) is 3.30. The maximum absolute atomic E-state index is 15.4. The number of halogens is 3. The Kier molecular flexibility index (Phi) is 7.08. The number of carbonyl (C=O) groups excluding carboxylic acids is 1. The number of rotatable bonds is 4. The second kappa shape index (κ2) is 10.2. The number of amides is 1. The molecule has 1 saturated carbocycles. The molecule has 2 aromatic heterocycles. The number of fused-ring (bicyclic) bond motifs is 1. The van der Waals surface area contributed by atoms with E-state index in [0.717, 1.165) is 23.8 Å². The molecule has 3 aromatic rings. The highest BCUT2D eigenvalue weighted by molar-refractivity contribution is 6.03. The predicted molar refractivity (Wildman–Crippen MR) is 137 cm³/mol. The first-order valence-electron chi connectivity index (χ1n) is 12.7. The van der Waals surface area contributed by atoms with Crippen molar-refractivity contribution in [1.29, 1.82) is 0 Å². The van der Waals surface area contributed by atoms with Gasteiger partial charge in [0.1, 0.15) is 23.0 Å². The van der Waals surface area contributed by atoms with Crippen molar-refractivity contribution < 1.29 is 32.9 Å². The second-order valence-corrected chi connectivity index (χ2v) is 10.5. The van der Waals surface area contributed by atoms with Crippen LogP contribution < -0.4 is 15.8 Å². The van der Waals surface area contributed by atoms with Crippen molar-refractivity contribution >= 4 is 11.6 Å². The highest BCUT2D eigenvalue weighted by Gasteiger charge is 2.37. The van der Waals surface area contributed by atoms with Gasteiger partial charge in [0.05, 0.1) is 35.8 Å². The molecule has 0 spiro atoms. The number of hydrogen-bond donors (Lipinski definition) is 4. The molecule has 8 nitrogen and oxygen atoms in total. The van der Waals surface area contributed by atoms with Crippen molar-refractivity contribution in [2.75, 3.05) is 11.9 Å². The lowest BCUT2D eigenvalue weighted by atomic mass is 9.74. The summed E-state index contributed by atoms with van der Waals surface area (Å²) in [4.78, 5) is 21.2. The van der Waals surface area contributed by atoms with Crippen LogP contribution in [0.15, 0.2) is 36.7 Å². The van der Waals surface area contributed by atoms with Crippen LogP contribution in [0.2, 0.25) is 0 Å². The molecule has 1 amide bonds. The minimum atomic E-state index is -1.53. The number of nitrogens with one attached hydrogen (secondary N) is 1. The number of aromatic nitrogens is 2. The molecule has 0 unspecified atom stereocenters. The zero-order chi connectivity index (χ0) is 28.1. The van der Waals surface area contributed by atoms with Gasteiger partial charge in [-0.2, -0.15) is 0 Å². The van der Waals surface area contributed by atoms with Crippen LogP contribution in [-0.4, -0.2) is 44.8 Å². The smallest absolute Gasteiger partial charge is 0.274 e. The van der Waals surface area contributed by atoms with Crippen LogP contribution in [0, 0.1) is 23.4 Å². The topological polar surface area (TPSA) is 131 Å². The number of nitrogens with two attached hydrogens (primary N) is 1. The van der Waals surface area contributed by atoms with E-state index < -0.39 is 52.4 Å². The fourth-order valence-corrected chi connectivity index (χ4v) is 5.47. The van der Waals surface area contributed by atoms with Crippen LogP contribution in [0.25, 0.3) is 11.3 Å². The molecule has 0 radical (unpaired) electrons. The van der Waals surface area contributed by atoms with Gasteiger partial charge in [0.2, 0.25) is 0 Å². The zero-order valence-corrected chi connectivity index (χ0v) is 21.4. The van der Waals surface area contributed by atoms with E-state index in [0.29, 0.717) is 18.5 Å². The van der Waals surface area contributed by atoms with Crippen molar-refractivity contribution in [2.45, 2.75) is 56.8 Å². The Balaban J connectivity index is 1.47. The summed E-state index contributed by atoms with van der Waals surface area (Å²) in [6.07, 6.45) is 3.70. The Labute approximate surface area is 223 Å². The minimum absolute atomic E-state index is 0.0164. The predicted octanol–water partition coefficient (Wildman–Crippen LogP) is 4.00. The number of benzene rings is 1. The number of aliphatic hydroxyl groups excluding tert-OH is 1. The van der Waals surface area contributed by atoms with Crippen LogP contribution in [-0.2, 0) is 5.60 Å². The molecule has 0 saturated heterocycles. The molecule has 11 heteroatoms. The molecule has 1 fully saturated rings. The molecular formula is C28H29F3N4O4. The van der Waals surface area contributed by atoms with Gasteiger partial charge in [0, 0.05) is 24.2 Å².